The summed E-state index contributed by atoms with van der Waals surface area (Å²) in [5.41, 5.74) is 5.52. The summed E-state index contributed by atoms with van der Waals surface area (Å²) in [5.74, 6) is 0.943. The fourth-order valence-corrected chi connectivity index (χ4v) is 3.19. The highest BCUT2D eigenvalue weighted by atomic mass is 14.9. The highest BCUT2D eigenvalue weighted by Gasteiger charge is 2.23. The minimum atomic E-state index is 0.694. The lowest BCUT2D eigenvalue weighted by atomic mass is 10.0. The normalized spacial score (nSPS) is 24.0. The summed E-state index contributed by atoms with van der Waals surface area (Å²) in [6.45, 7) is 8.92. The second-order valence-electron chi connectivity index (χ2n) is 5.70. The van der Waals surface area contributed by atoms with Crippen LogP contribution >= 0.6 is 0 Å². The van der Waals surface area contributed by atoms with Crippen molar-refractivity contribution in [3.8, 4) is 0 Å². The topological polar surface area (TPSA) is 12.0 Å². The molecule has 17 heavy (non-hydrogen) atoms. The van der Waals surface area contributed by atoms with Crippen LogP contribution in [0.3, 0.4) is 0 Å². The molecule has 1 nitrogen and oxygen atoms in total. The van der Waals surface area contributed by atoms with Crippen molar-refractivity contribution in [2.75, 3.05) is 5.32 Å². The zero-order chi connectivity index (χ0) is 12.4. The third-order valence-corrected chi connectivity index (χ3v) is 4.14. The first-order chi connectivity index (χ1) is 8.10. The number of aryl methyl sites for hydroxylation is 3. The van der Waals surface area contributed by atoms with Crippen LogP contribution in [0.15, 0.2) is 12.1 Å². The molecule has 0 bridgehead atoms. The highest BCUT2D eigenvalue weighted by molar-refractivity contribution is 5.58. The molecular formula is C16H25N. The van der Waals surface area contributed by atoms with Gasteiger partial charge >= 0.3 is 0 Å². The molecule has 0 spiro atoms. The summed E-state index contributed by atoms with van der Waals surface area (Å²) >= 11 is 0. The third kappa shape index (κ3) is 2.83. The van der Waals surface area contributed by atoms with Crippen molar-refractivity contribution < 1.29 is 0 Å². The molecule has 1 fully saturated rings. The summed E-state index contributed by atoms with van der Waals surface area (Å²) < 4.78 is 0. The monoisotopic (exact) mass is 231 g/mol. The molecule has 1 saturated carbocycles. The molecule has 1 aliphatic rings. The van der Waals surface area contributed by atoms with Crippen molar-refractivity contribution in [1.29, 1.82) is 0 Å². The minimum absolute atomic E-state index is 0.694. The molecule has 1 heteroatoms. The fourth-order valence-electron chi connectivity index (χ4n) is 3.19. The molecule has 2 unspecified atom stereocenters. The average Bonchev–Trinajstić information content (AvgIpc) is 2.71. The maximum Gasteiger partial charge on any atom is 0.0401 e. The van der Waals surface area contributed by atoms with E-state index < -0.39 is 0 Å². The standard InChI is InChI=1S/C16H25N/c1-5-14-6-7-15(10-14)17-16-12(3)8-11(2)9-13(16)4/h8-9,14-15,17H,5-7,10H2,1-4H3. The van der Waals surface area contributed by atoms with Crippen LogP contribution in [0.25, 0.3) is 0 Å². The molecular weight excluding hydrogens is 206 g/mol. The number of benzene rings is 1. The first-order valence-corrected chi connectivity index (χ1v) is 6.94. The van der Waals surface area contributed by atoms with E-state index >= 15 is 0 Å². The van der Waals surface area contributed by atoms with Crippen molar-refractivity contribution in [2.45, 2.75) is 59.4 Å². The predicted molar refractivity (Wildman–Crippen MR) is 75.7 cm³/mol. The van der Waals surface area contributed by atoms with Crippen molar-refractivity contribution in [2.24, 2.45) is 5.92 Å². The Hall–Kier alpha value is -0.980. The van der Waals surface area contributed by atoms with Gasteiger partial charge in [-0.15, -0.1) is 0 Å². The van der Waals surface area contributed by atoms with Gasteiger partial charge in [0.15, 0.2) is 0 Å². The van der Waals surface area contributed by atoms with Gasteiger partial charge < -0.3 is 5.32 Å². The van der Waals surface area contributed by atoms with E-state index in [1.807, 2.05) is 0 Å². The first kappa shape index (κ1) is 12.5. The van der Waals surface area contributed by atoms with Crippen LogP contribution in [-0.2, 0) is 0 Å². The molecule has 1 aromatic carbocycles. The lowest BCUT2D eigenvalue weighted by Gasteiger charge is -2.19. The molecule has 94 valence electrons. The zero-order valence-electron chi connectivity index (χ0n) is 11.6. The number of hydrogen-bond donors (Lipinski definition) is 1. The Morgan fingerprint density at radius 3 is 2.29 bits per heavy atom. The summed E-state index contributed by atoms with van der Waals surface area (Å²) in [4.78, 5) is 0. The van der Waals surface area contributed by atoms with Gasteiger partial charge in [-0.1, -0.05) is 31.0 Å². The van der Waals surface area contributed by atoms with Gasteiger partial charge in [0.05, 0.1) is 0 Å². The van der Waals surface area contributed by atoms with Crippen molar-refractivity contribution in [3.63, 3.8) is 0 Å². The maximum atomic E-state index is 3.77. The van der Waals surface area contributed by atoms with Crippen LogP contribution < -0.4 is 5.32 Å². The Labute approximate surface area is 106 Å². The lowest BCUT2D eigenvalue weighted by molar-refractivity contribution is 0.525. The van der Waals surface area contributed by atoms with Gasteiger partial charge in [-0.2, -0.15) is 0 Å². The van der Waals surface area contributed by atoms with Gasteiger partial charge in [0.1, 0.15) is 0 Å². The molecule has 1 aliphatic carbocycles. The van der Waals surface area contributed by atoms with Gasteiger partial charge in [0.25, 0.3) is 0 Å². The van der Waals surface area contributed by atoms with E-state index in [4.69, 9.17) is 0 Å². The van der Waals surface area contributed by atoms with E-state index in [1.54, 1.807) is 0 Å². The SMILES string of the molecule is CCC1CCC(Nc2c(C)cc(C)cc2C)C1. The second-order valence-corrected chi connectivity index (χ2v) is 5.70. The van der Waals surface area contributed by atoms with Crippen molar-refractivity contribution in [1.82, 2.24) is 0 Å². The van der Waals surface area contributed by atoms with Crippen LogP contribution in [0.2, 0.25) is 0 Å². The highest BCUT2D eigenvalue weighted by Crippen LogP contribution is 2.32. The molecule has 1 aromatic rings. The average molecular weight is 231 g/mol. The molecule has 0 radical (unpaired) electrons. The quantitative estimate of drug-likeness (QED) is 0.801. The molecule has 2 rings (SSSR count). The van der Waals surface area contributed by atoms with Crippen LogP contribution in [0.4, 0.5) is 5.69 Å². The van der Waals surface area contributed by atoms with Gasteiger partial charge in [-0.05, 0) is 57.1 Å². The summed E-state index contributed by atoms with van der Waals surface area (Å²) in [6.07, 6.45) is 5.43. The molecule has 1 N–H and O–H groups in total. The van der Waals surface area contributed by atoms with Crippen LogP contribution in [-0.4, -0.2) is 6.04 Å². The van der Waals surface area contributed by atoms with Crippen LogP contribution in [0.1, 0.15) is 49.3 Å². The lowest BCUT2D eigenvalue weighted by Crippen LogP contribution is -2.17. The first-order valence-electron chi connectivity index (χ1n) is 6.94. The van der Waals surface area contributed by atoms with E-state index in [9.17, 15) is 0 Å². The Kier molecular flexibility index (Phi) is 3.76. The molecule has 0 aromatic heterocycles. The van der Waals surface area contributed by atoms with Gasteiger partial charge in [-0.3, -0.25) is 0 Å². The Balaban J connectivity index is 2.09. The fraction of sp³-hybridized carbons (Fsp3) is 0.625. The Bertz CT molecular complexity index is 372. The summed E-state index contributed by atoms with van der Waals surface area (Å²) in [5, 5.41) is 3.77. The van der Waals surface area contributed by atoms with Crippen LogP contribution in [0.5, 0.6) is 0 Å². The molecule has 0 amide bonds. The minimum Gasteiger partial charge on any atom is -0.382 e. The van der Waals surface area contributed by atoms with E-state index in [1.165, 1.54) is 48.1 Å². The largest absolute Gasteiger partial charge is 0.382 e. The molecule has 0 heterocycles. The van der Waals surface area contributed by atoms with Crippen molar-refractivity contribution in [3.05, 3.63) is 28.8 Å². The number of nitrogens with one attached hydrogen (secondary N) is 1. The van der Waals surface area contributed by atoms with Crippen LogP contribution in [0, 0.1) is 26.7 Å². The molecule has 0 saturated heterocycles. The number of anilines is 1. The van der Waals surface area contributed by atoms with Gasteiger partial charge in [0, 0.05) is 11.7 Å². The predicted octanol–water partition coefficient (Wildman–Crippen LogP) is 4.60. The number of hydrogen-bond acceptors (Lipinski definition) is 1. The Morgan fingerprint density at radius 2 is 1.76 bits per heavy atom. The van der Waals surface area contributed by atoms with Gasteiger partial charge in [0.2, 0.25) is 0 Å². The summed E-state index contributed by atoms with van der Waals surface area (Å²) in [7, 11) is 0. The van der Waals surface area contributed by atoms with E-state index in [-0.39, 0.29) is 0 Å². The van der Waals surface area contributed by atoms with E-state index in [2.05, 4.69) is 45.1 Å². The third-order valence-electron chi connectivity index (χ3n) is 4.14. The number of rotatable bonds is 3. The Morgan fingerprint density at radius 1 is 1.12 bits per heavy atom. The molecule has 2 atom stereocenters. The smallest absolute Gasteiger partial charge is 0.0401 e. The van der Waals surface area contributed by atoms with E-state index in [0.29, 0.717) is 6.04 Å². The zero-order valence-corrected chi connectivity index (χ0v) is 11.6. The second kappa shape index (κ2) is 5.12. The van der Waals surface area contributed by atoms with E-state index in [0.717, 1.165) is 5.92 Å². The maximum absolute atomic E-state index is 3.77. The van der Waals surface area contributed by atoms with Crippen molar-refractivity contribution >= 4 is 5.69 Å². The molecule has 0 aliphatic heterocycles. The van der Waals surface area contributed by atoms with Gasteiger partial charge in [-0.25, -0.2) is 0 Å². The summed E-state index contributed by atoms with van der Waals surface area (Å²) in [6, 6.07) is 5.25.